The van der Waals surface area contributed by atoms with E-state index in [4.69, 9.17) is 11.6 Å². The summed E-state index contributed by atoms with van der Waals surface area (Å²) < 4.78 is 61.9. The van der Waals surface area contributed by atoms with Crippen LogP contribution in [-0.2, 0) is 9.84 Å². The van der Waals surface area contributed by atoms with Gasteiger partial charge in [-0.05, 0) is 18.1 Å². The van der Waals surface area contributed by atoms with Crippen LogP contribution in [0.5, 0.6) is 0 Å². The molecule has 0 saturated heterocycles. The van der Waals surface area contributed by atoms with Crippen molar-refractivity contribution < 1.29 is 21.6 Å². The monoisotopic (exact) mass is 477 g/mol. The van der Waals surface area contributed by atoms with Crippen LogP contribution >= 0.6 is 34.2 Å². The summed E-state index contributed by atoms with van der Waals surface area (Å²) in [5, 5.41) is 2.82. The molecule has 1 aliphatic rings. The largest absolute Gasteiger partial charge is 0.505 e. The van der Waals surface area contributed by atoms with Crippen LogP contribution in [-0.4, -0.2) is 28.7 Å². The number of rotatable bonds is 2. The lowest BCUT2D eigenvalue weighted by Crippen LogP contribution is -2.25. The molecule has 2 heterocycles. The number of benzene rings is 1. The quantitative estimate of drug-likeness (QED) is 0.489. The molecule has 11 heteroatoms. The fourth-order valence-electron chi connectivity index (χ4n) is 2.38. The van der Waals surface area contributed by atoms with E-state index < -0.39 is 26.5 Å². The van der Waals surface area contributed by atoms with Gasteiger partial charge in [-0.1, -0.05) is 52.4 Å². The van der Waals surface area contributed by atoms with Crippen molar-refractivity contribution >= 4 is 44.0 Å². The van der Waals surface area contributed by atoms with Crippen LogP contribution in [0.25, 0.3) is 0 Å². The molecule has 0 spiro atoms. The Balaban J connectivity index is 2.11. The topological polar surface area (TPSA) is 64.8 Å². The Hall–Kier alpha value is -0.880. The Labute approximate surface area is 147 Å². The molecule has 0 amide bonds. The fourth-order valence-corrected chi connectivity index (χ4v) is 4.16. The molecule has 23 heavy (non-hydrogen) atoms. The van der Waals surface area contributed by atoms with Crippen molar-refractivity contribution in [1.29, 1.82) is 0 Å². The molecule has 3 rings (SSSR count). The van der Waals surface area contributed by atoms with Gasteiger partial charge in [0.15, 0.2) is 0 Å². The third kappa shape index (κ3) is 2.74. The van der Waals surface area contributed by atoms with Crippen molar-refractivity contribution in [2.45, 2.75) is 27.1 Å². The third-order valence-electron chi connectivity index (χ3n) is 3.45. The number of hydrogen-bond acceptors (Lipinski definition) is 4. The van der Waals surface area contributed by atoms with Crippen molar-refractivity contribution in [2.75, 3.05) is 0 Å². The van der Waals surface area contributed by atoms with E-state index in [2.05, 4.69) is 10.1 Å². The van der Waals surface area contributed by atoms with Gasteiger partial charge in [0.1, 0.15) is 5.82 Å². The molecule has 1 aromatic heterocycles. The molecule has 0 saturated carbocycles. The molecular formula is C12H8ClF3IN3O2S. The summed E-state index contributed by atoms with van der Waals surface area (Å²) in [5.74, 6) is 0.193. The van der Waals surface area contributed by atoms with Gasteiger partial charge in [-0.2, -0.15) is 13.2 Å². The fraction of sp³-hybridized carbons (Fsp3) is 0.333. The Morgan fingerprint density at radius 2 is 1.96 bits per heavy atom. The number of fused-ring (bicyclic) bond motifs is 1. The molecule has 0 unspecified atom stereocenters. The molecular weight excluding hydrogens is 470 g/mol. The van der Waals surface area contributed by atoms with Crippen molar-refractivity contribution in [3.8, 4) is 0 Å². The first kappa shape index (κ1) is 17.0. The first-order chi connectivity index (χ1) is 10.6. The van der Waals surface area contributed by atoms with Gasteiger partial charge in [0.05, 0.1) is 9.97 Å². The number of aromatic nitrogens is 3. The van der Waals surface area contributed by atoms with Crippen LogP contribution in [0.15, 0.2) is 29.4 Å². The molecule has 1 aliphatic heterocycles. The summed E-state index contributed by atoms with van der Waals surface area (Å²) in [7, 11) is -5.57. The van der Waals surface area contributed by atoms with E-state index in [0.29, 0.717) is 17.0 Å². The average Bonchev–Trinajstić information content (AvgIpc) is 3.00. The van der Waals surface area contributed by atoms with Crippen molar-refractivity contribution in [3.63, 3.8) is 0 Å². The molecule has 2 aromatic rings. The van der Waals surface area contributed by atoms with Gasteiger partial charge >= 0.3 is 15.3 Å². The van der Waals surface area contributed by atoms with E-state index in [0.717, 1.165) is 0 Å². The van der Waals surface area contributed by atoms with Gasteiger partial charge in [0.25, 0.3) is 5.16 Å². The van der Waals surface area contributed by atoms with Gasteiger partial charge in [-0.3, -0.25) is 0 Å². The number of alkyl halides is 4. The predicted octanol–water partition coefficient (Wildman–Crippen LogP) is 3.69. The standard InChI is InChI=1S/C12H8ClF3IN3O2S/c13-7-4-2-1-3-6(7)9-5-8(17)10-18-11(19-20(9)10)23(21,22)12(14,15)16/h1-4,8-9H,5H2/t8-,9-/m0/s1. The smallest absolute Gasteiger partial charge is 0.240 e. The normalized spacial score (nSPS) is 21.4. The maximum atomic E-state index is 12.7. The maximum absolute atomic E-state index is 12.7. The van der Waals surface area contributed by atoms with Crippen LogP contribution in [0, 0.1) is 0 Å². The number of sulfone groups is 1. The van der Waals surface area contributed by atoms with E-state index in [1.807, 2.05) is 22.6 Å². The lowest BCUT2D eigenvalue weighted by molar-refractivity contribution is -0.0440. The minimum absolute atomic E-state index is 0.193. The average molecular weight is 478 g/mol. The summed E-state index contributed by atoms with van der Waals surface area (Å²) in [6.45, 7) is 0. The highest BCUT2D eigenvalue weighted by molar-refractivity contribution is 14.1. The van der Waals surface area contributed by atoms with Gasteiger partial charge in [-0.15, -0.1) is 5.10 Å². The summed E-state index contributed by atoms with van der Waals surface area (Å²) in [5.41, 5.74) is -4.77. The minimum atomic E-state index is -5.57. The summed E-state index contributed by atoms with van der Waals surface area (Å²) in [4.78, 5) is 3.61. The van der Waals surface area contributed by atoms with Crippen LogP contribution in [0.2, 0.25) is 5.02 Å². The zero-order valence-electron chi connectivity index (χ0n) is 11.1. The Kier molecular flexibility index (Phi) is 4.12. The van der Waals surface area contributed by atoms with E-state index in [-0.39, 0.29) is 9.75 Å². The van der Waals surface area contributed by atoms with Gasteiger partial charge in [-0.25, -0.2) is 18.1 Å². The van der Waals surface area contributed by atoms with E-state index in [1.165, 1.54) is 4.68 Å². The molecule has 0 aliphatic carbocycles. The number of nitrogens with zero attached hydrogens (tertiary/aromatic N) is 3. The van der Waals surface area contributed by atoms with Crippen LogP contribution < -0.4 is 0 Å². The van der Waals surface area contributed by atoms with E-state index >= 15 is 0 Å². The second-order valence-corrected chi connectivity index (χ2v) is 8.63. The van der Waals surface area contributed by atoms with Crippen molar-refractivity contribution in [3.05, 3.63) is 40.7 Å². The zero-order valence-corrected chi connectivity index (χ0v) is 14.9. The molecule has 0 fully saturated rings. The maximum Gasteiger partial charge on any atom is 0.505 e. The van der Waals surface area contributed by atoms with Crippen molar-refractivity contribution in [2.24, 2.45) is 0 Å². The molecule has 0 N–H and O–H groups in total. The molecule has 0 bridgehead atoms. The van der Waals surface area contributed by atoms with Gasteiger partial charge in [0.2, 0.25) is 0 Å². The second kappa shape index (κ2) is 5.59. The second-order valence-electron chi connectivity index (χ2n) is 4.89. The van der Waals surface area contributed by atoms with E-state index in [9.17, 15) is 21.6 Å². The van der Waals surface area contributed by atoms with Gasteiger partial charge < -0.3 is 0 Å². The van der Waals surface area contributed by atoms with E-state index in [1.54, 1.807) is 24.3 Å². The van der Waals surface area contributed by atoms with Crippen molar-refractivity contribution in [1.82, 2.24) is 14.8 Å². The van der Waals surface area contributed by atoms with Crippen LogP contribution in [0.3, 0.4) is 0 Å². The van der Waals surface area contributed by atoms with Crippen LogP contribution in [0.4, 0.5) is 13.2 Å². The summed E-state index contributed by atoms with van der Waals surface area (Å²) in [6, 6.07) is 6.40. The lowest BCUT2D eigenvalue weighted by Gasteiger charge is -2.13. The highest BCUT2D eigenvalue weighted by Gasteiger charge is 2.51. The van der Waals surface area contributed by atoms with Gasteiger partial charge in [0, 0.05) is 5.02 Å². The summed E-state index contributed by atoms with van der Waals surface area (Å²) in [6.07, 6.45) is 0.520. The Bertz CT molecular complexity index is 869. The Morgan fingerprint density at radius 3 is 2.57 bits per heavy atom. The third-order valence-corrected chi connectivity index (χ3v) is 6.13. The number of halogens is 5. The molecule has 1 aromatic carbocycles. The number of hydrogen-bond donors (Lipinski definition) is 0. The minimum Gasteiger partial charge on any atom is -0.240 e. The molecule has 5 nitrogen and oxygen atoms in total. The first-order valence-corrected chi connectivity index (χ1v) is 9.40. The first-order valence-electron chi connectivity index (χ1n) is 6.29. The summed E-state index contributed by atoms with van der Waals surface area (Å²) >= 11 is 8.12. The highest BCUT2D eigenvalue weighted by atomic mass is 127. The molecule has 124 valence electrons. The SMILES string of the molecule is O=S(=O)(c1nc2n(n1)[C@H](c1ccccc1Cl)C[C@@H]2I)C(F)(F)F. The molecule has 0 radical (unpaired) electrons. The zero-order chi connectivity index (χ0) is 17.0. The lowest BCUT2D eigenvalue weighted by atomic mass is 10.1. The predicted molar refractivity (Wildman–Crippen MR) is 84.2 cm³/mol. The Morgan fingerprint density at radius 1 is 1.30 bits per heavy atom. The molecule has 2 atom stereocenters. The highest BCUT2D eigenvalue weighted by Crippen LogP contribution is 2.44. The van der Waals surface area contributed by atoms with Crippen LogP contribution in [0.1, 0.15) is 27.8 Å².